The molecule has 0 aliphatic heterocycles. The fourth-order valence-electron chi connectivity index (χ4n) is 5.10. The topological polar surface area (TPSA) is 9.23 Å². The van der Waals surface area contributed by atoms with Gasteiger partial charge in [-0.25, -0.2) is 4.39 Å². The van der Waals surface area contributed by atoms with Gasteiger partial charge in [-0.3, -0.25) is 0 Å². The SMILES string of the molecule is CC(C)(C)c1ccc(COc2ccc(F)cc2C[P+](c2ccccc2)(c2ccccc2)c2ccccc2)cc1.[Br-]. The molecule has 0 radical (unpaired) electrons. The zero-order chi connectivity index (χ0) is 27.3. The van der Waals surface area contributed by atoms with Crippen LogP contribution >= 0.6 is 7.26 Å². The van der Waals surface area contributed by atoms with E-state index in [2.05, 4.69) is 136 Å². The summed E-state index contributed by atoms with van der Waals surface area (Å²) in [5.41, 5.74) is 3.36. The zero-order valence-corrected chi connectivity index (χ0v) is 25.7. The third-order valence-corrected chi connectivity index (χ3v) is 11.6. The van der Waals surface area contributed by atoms with Crippen molar-refractivity contribution < 1.29 is 26.1 Å². The van der Waals surface area contributed by atoms with Crippen LogP contribution < -0.4 is 37.6 Å². The highest BCUT2D eigenvalue weighted by Crippen LogP contribution is 2.59. The minimum absolute atomic E-state index is 0. The molecule has 204 valence electrons. The first-order chi connectivity index (χ1) is 18.9. The minimum Gasteiger partial charge on any atom is -1.00 e. The maximum atomic E-state index is 14.8. The van der Waals surface area contributed by atoms with Gasteiger partial charge in [0.05, 0.1) is 0 Å². The Morgan fingerprint density at radius 2 is 1.10 bits per heavy atom. The van der Waals surface area contributed by atoms with E-state index in [1.807, 2.05) is 0 Å². The van der Waals surface area contributed by atoms with Crippen molar-refractivity contribution in [1.82, 2.24) is 0 Å². The normalized spacial score (nSPS) is 11.5. The molecule has 0 fully saturated rings. The van der Waals surface area contributed by atoms with E-state index >= 15 is 0 Å². The Labute approximate surface area is 249 Å². The highest BCUT2D eigenvalue weighted by Gasteiger charge is 2.46. The molecule has 0 N–H and O–H groups in total. The highest BCUT2D eigenvalue weighted by atomic mass is 79.9. The Morgan fingerprint density at radius 1 is 0.625 bits per heavy atom. The van der Waals surface area contributed by atoms with Gasteiger partial charge in [-0.2, -0.15) is 0 Å². The number of rotatable bonds is 8. The van der Waals surface area contributed by atoms with Gasteiger partial charge in [0.1, 0.15) is 47.5 Å². The average Bonchev–Trinajstić information content (AvgIpc) is 2.96. The van der Waals surface area contributed by atoms with Crippen molar-refractivity contribution in [2.45, 2.75) is 39.0 Å². The molecule has 0 unspecified atom stereocenters. The summed E-state index contributed by atoms with van der Waals surface area (Å²) in [5, 5.41) is 3.78. The molecule has 0 amide bonds. The van der Waals surface area contributed by atoms with E-state index in [9.17, 15) is 4.39 Å². The van der Waals surface area contributed by atoms with E-state index < -0.39 is 7.26 Å². The van der Waals surface area contributed by atoms with E-state index in [0.29, 0.717) is 12.8 Å². The number of benzene rings is 5. The van der Waals surface area contributed by atoms with Crippen LogP contribution in [-0.2, 0) is 18.2 Å². The molecule has 0 spiro atoms. The molecular weight excluding hydrogens is 578 g/mol. The molecule has 1 nitrogen and oxygen atoms in total. The first kappa shape index (κ1) is 29.7. The molecule has 5 aromatic carbocycles. The molecule has 0 bridgehead atoms. The number of hydrogen-bond acceptors (Lipinski definition) is 1. The predicted molar refractivity (Wildman–Crippen MR) is 165 cm³/mol. The van der Waals surface area contributed by atoms with Gasteiger partial charge in [0, 0.05) is 5.56 Å². The summed E-state index contributed by atoms with van der Waals surface area (Å²) < 4.78 is 21.2. The number of halogens is 2. The Hall–Kier alpha value is -3.26. The lowest BCUT2D eigenvalue weighted by Crippen LogP contribution is -3.00. The monoisotopic (exact) mass is 612 g/mol. The number of hydrogen-bond donors (Lipinski definition) is 0. The van der Waals surface area contributed by atoms with Crippen LogP contribution in [0.5, 0.6) is 5.75 Å². The van der Waals surface area contributed by atoms with Crippen LogP contribution in [-0.4, -0.2) is 0 Å². The van der Waals surface area contributed by atoms with E-state index in [1.54, 1.807) is 12.1 Å². The maximum Gasteiger partial charge on any atom is 0.126 e. The predicted octanol–water partition coefficient (Wildman–Crippen LogP) is 5.20. The Kier molecular flexibility index (Phi) is 9.61. The van der Waals surface area contributed by atoms with Crippen molar-refractivity contribution in [3.8, 4) is 5.75 Å². The summed E-state index contributed by atoms with van der Waals surface area (Å²) >= 11 is 0. The molecule has 0 aliphatic rings. The Balaban J connectivity index is 0.00000370. The maximum absolute atomic E-state index is 14.8. The average molecular weight is 614 g/mol. The second-order valence-corrected chi connectivity index (χ2v) is 14.4. The van der Waals surface area contributed by atoms with Crippen molar-refractivity contribution >= 4 is 23.2 Å². The van der Waals surface area contributed by atoms with Crippen LogP contribution in [0, 0.1) is 5.82 Å². The van der Waals surface area contributed by atoms with E-state index in [4.69, 9.17) is 4.74 Å². The Morgan fingerprint density at radius 3 is 1.55 bits per heavy atom. The molecule has 0 saturated carbocycles. The molecule has 5 rings (SSSR count). The zero-order valence-electron chi connectivity index (χ0n) is 23.2. The highest BCUT2D eigenvalue weighted by molar-refractivity contribution is 7.95. The quantitative estimate of drug-likeness (QED) is 0.219. The largest absolute Gasteiger partial charge is 1.00 e. The first-order valence-electron chi connectivity index (χ1n) is 13.4. The molecule has 0 aromatic heterocycles. The molecule has 5 aromatic rings. The molecule has 0 heterocycles. The summed E-state index contributed by atoms with van der Waals surface area (Å²) in [7, 11) is -2.19. The first-order valence-corrected chi connectivity index (χ1v) is 15.4. The summed E-state index contributed by atoms with van der Waals surface area (Å²) in [5.74, 6) is 0.475. The molecular formula is C36H35BrFOP. The van der Waals surface area contributed by atoms with Gasteiger partial charge in [-0.1, -0.05) is 99.6 Å². The van der Waals surface area contributed by atoms with Crippen molar-refractivity contribution in [3.05, 3.63) is 156 Å². The fraction of sp³-hybridized carbons (Fsp3) is 0.167. The van der Waals surface area contributed by atoms with E-state index in [-0.39, 0.29) is 28.2 Å². The van der Waals surface area contributed by atoms with Crippen LogP contribution in [0.2, 0.25) is 0 Å². The van der Waals surface area contributed by atoms with Crippen LogP contribution in [0.4, 0.5) is 4.39 Å². The van der Waals surface area contributed by atoms with Crippen LogP contribution in [0.15, 0.2) is 133 Å². The third kappa shape index (κ3) is 6.54. The van der Waals surface area contributed by atoms with Crippen molar-refractivity contribution in [2.75, 3.05) is 0 Å². The van der Waals surface area contributed by atoms with Crippen LogP contribution in [0.1, 0.15) is 37.5 Å². The lowest BCUT2D eigenvalue weighted by atomic mass is 9.87. The van der Waals surface area contributed by atoms with Crippen molar-refractivity contribution in [1.29, 1.82) is 0 Å². The summed E-state index contributed by atoms with van der Waals surface area (Å²) in [6.45, 7) is 7.07. The van der Waals surface area contributed by atoms with Crippen LogP contribution in [0.3, 0.4) is 0 Å². The van der Waals surface area contributed by atoms with Gasteiger partial charge >= 0.3 is 0 Å². The Bertz CT molecular complexity index is 1400. The van der Waals surface area contributed by atoms with Crippen molar-refractivity contribution in [2.24, 2.45) is 0 Å². The second-order valence-electron chi connectivity index (χ2n) is 11.0. The minimum atomic E-state index is -2.19. The number of ether oxygens (including phenoxy) is 1. The molecule has 0 saturated heterocycles. The summed E-state index contributed by atoms with van der Waals surface area (Å²) in [4.78, 5) is 0. The van der Waals surface area contributed by atoms with E-state index in [0.717, 1.165) is 16.9 Å². The van der Waals surface area contributed by atoms with E-state index in [1.165, 1.54) is 27.5 Å². The van der Waals surface area contributed by atoms with Crippen molar-refractivity contribution in [3.63, 3.8) is 0 Å². The van der Waals surface area contributed by atoms with Gasteiger partial charge in [0.15, 0.2) is 0 Å². The summed E-state index contributed by atoms with van der Waals surface area (Å²) in [6, 6.07) is 45.5. The third-order valence-electron chi connectivity index (χ3n) is 7.24. The molecule has 40 heavy (non-hydrogen) atoms. The smallest absolute Gasteiger partial charge is 0.126 e. The molecule has 0 aliphatic carbocycles. The van der Waals surface area contributed by atoms with Gasteiger partial charge < -0.3 is 21.7 Å². The lowest BCUT2D eigenvalue weighted by Gasteiger charge is -2.28. The fourth-order valence-corrected chi connectivity index (χ4v) is 9.34. The van der Waals surface area contributed by atoms with Gasteiger partial charge in [-0.05, 0) is 71.1 Å². The summed E-state index contributed by atoms with van der Waals surface area (Å²) in [6.07, 6.45) is 0.654. The standard InChI is InChI=1S/C36H35FOP.BrH/c1-36(2,3)30-21-19-28(20-22-30)26-38-35-24-23-31(37)25-29(35)27-39(32-13-7-4-8-14-32,33-15-9-5-10-16-33)34-17-11-6-12-18-34;/h4-25H,26-27H2,1-3H3;1H/q+1;/p-1. The van der Waals surface area contributed by atoms with Gasteiger partial charge in [0.2, 0.25) is 0 Å². The molecule has 0 atom stereocenters. The van der Waals surface area contributed by atoms with Crippen LogP contribution in [0.25, 0.3) is 0 Å². The van der Waals surface area contributed by atoms with Gasteiger partial charge in [-0.15, -0.1) is 0 Å². The second kappa shape index (κ2) is 12.9. The lowest BCUT2D eigenvalue weighted by molar-refractivity contribution is -0.00000904. The molecule has 4 heteroatoms. The van der Waals surface area contributed by atoms with Gasteiger partial charge in [0.25, 0.3) is 0 Å².